The Morgan fingerprint density at radius 1 is 1.07 bits per heavy atom. The van der Waals surface area contributed by atoms with Crippen molar-refractivity contribution < 1.29 is 0 Å². The van der Waals surface area contributed by atoms with Crippen LogP contribution in [0.4, 0.5) is 0 Å². The van der Waals surface area contributed by atoms with E-state index in [0.29, 0.717) is 0 Å². The summed E-state index contributed by atoms with van der Waals surface area (Å²) in [4.78, 5) is 0. The van der Waals surface area contributed by atoms with Gasteiger partial charge in [0.05, 0.1) is 0 Å². The number of hydrogen-bond donors (Lipinski definition) is 0. The highest BCUT2D eigenvalue weighted by Crippen LogP contribution is 2.44. The summed E-state index contributed by atoms with van der Waals surface area (Å²) in [6.07, 6.45) is 11.7. The van der Waals surface area contributed by atoms with Gasteiger partial charge in [-0.3, -0.25) is 0 Å². The van der Waals surface area contributed by atoms with Crippen LogP contribution in [0.15, 0.2) is 0 Å². The lowest BCUT2D eigenvalue weighted by Crippen LogP contribution is -1.96. The van der Waals surface area contributed by atoms with E-state index in [-0.39, 0.29) is 0 Å². The van der Waals surface area contributed by atoms with Crippen LogP contribution >= 0.6 is 0 Å². The molecule has 0 heterocycles. The normalized spacial score (nSPS) is 27.6. The first-order valence-corrected chi connectivity index (χ1v) is 6.77. The van der Waals surface area contributed by atoms with Gasteiger partial charge in [-0.25, -0.2) is 0 Å². The molecular formula is C14H28. The Balaban J connectivity index is 1.91. The molecule has 3 atom stereocenters. The van der Waals surface area contributed by atoms with E-state index in [9.17, 15) is 0 Å². The number of rotatable bonds is 8. The van der Waals surface area contributed by atoms with Gasteiger partial charge in [-0.1, -0.05) is 59.3 Å². The van der Waals surface area contributed by atoms with E-state index in [0.717, 1.165) is 17.8 Å². The van der Waals surface area contributed by atoms with E-state index < -0.39 is 0 Å². The molecule has 0 nitrogen and oxygen atoms in total. The standard InChI is InChI=1S/C14H28/c1-4-6-7-8-12(3)9-10-14-11-13(14)5-2/h12-14H,4-11H2,1-3H3. The maximum absolute atomic E-state index is 2.44. The van der Waals surface area contributed by atoms with E-state index in [1.165, 1.54) is 51.4 Å². The van der Waals surface area contributed by atoms with Crippen molar-refractivity contribution in [3.63, 3.8) is 0 Å². The quantitative estimate of drug-likeness (QED) is 0.478. The lowest BCUT2D eigenvalue weighted by Gasteiger charge is -2.10. The van der Waals surface area contributed by atoms with Crippen molar-refractivity contribution >= 4 is 0 Å². The third kappa shape index (κ3) is 4.48. The Bertz CT molecular complexity index is 139. The molecule has 1 fully saturated rings. The van der Waals surface area contributed by atoms with Gasteiger partial charge in [0.2, 0.25) is 0 Å². The van der Waals surface area contributed by atoms with Crippen LogP contribution < -0.4 is 0 Å². The Labute approximate surface area is 90.5 Å². The van der Waals surface area contributed by atoms with Crippen molar-refractivity contribution in [2.45, 2.75) is 72.1 Å². The van der Waals surface area contributed by atoms with Gasteiger partial charge < -0.3 is 0 Å². The maximum Gasteiger partial charge on any atom is -0.0383 e. The molecule has 3 unspecified atom stereocenters. The fourth-order valence-corrected chi connectivity index (χ4v) is 2.55. The Hall–Kier alpha value is 0. The van der Waals surface area contributed by atoms with E-state index in [1.54, 1.807) is 0 Å². The zero-order valence-corrected chi connectivity index (χ0v) is 10.4. The highest BCUT2D eigenvalue weighted by atomic mass is 14.4. The molecule has 0 spiro atoms. The molecule has 1 rings (SSSR count). The van der Waals surface area contributed by atoms with Crippen LogP contribution in [0.1, 0.15) is 72.1 Å². The number of unbranched alkanes of at least 4 members (excludes halogenated alkanes) is 2. The molecule has 0 aromatic carbocycles. The molecule has 0 saturated heterocycles. The highest BCUT2D eigenvalue weighted by molar-refractivity contribution is 4.84. The summed E-state index contributed by atoms with van der Waals surface area (Å²) >= 11 is 0. The summed E-state index contributed by atoms with van der Waals surface area (Å²) in [7, 11) is 0. The molecule has 1 saturated carbocycles. The second-order valence-corrected chi connectivity index (χ2v) is 5.34. The molecule has 1 aliphatic carbocycles. The van der Waals surface area contributed by atoms with E-state index in [2.05, 4.69) is 20.8 Å². The van der Waals surface area contributed by atoms with Gasteiger partial charge in [-0.05, 0) is 30.6 Å². The predicted octanol–water partition coefficient (Wildman–Crippen LogP) is 5.03. The van der Waals surface area contributed by atoms with Crippen molar-refractivity contribution in [1.82, 2.24) is 0 Å². The first-order valence-electron chi connectivity index (χ1n) is 6.77. The van der Waals surface area contributed by atoms with Crippen molar-refractivity contribution in [3.8, 4) is 0 Å². The van der Waals surface area contributed by atoms with Gasteiger partial charge in [0, 0.05) is 0 Å². The predicted molar refractivity (Wildman–Crippen MR) is 64.4 cm³/mol. The molecule has 0 radical (unpaired) electrons. The van der Waals surface area contributed by atoms with Crippen molar-refractivity contribution in [2.24, 2.45) is 17.8 Å². The van der Waals surface area contributed by atoms with E-state index in [4.69, 9.17) is 0 Å². The van der Waals surface area contributed by atoms with Crippen LogP contribution in [0.5, 0.6) is 0 Å². The summed E-state index contributed by atoms with van der Waals surface area (Å²) in [6.45, 7) is 7.08. The van der Waals surface area contributed by atoms with Crippen LogP contribution in [0.25, 0.3) is 0 Å². The van der Waals surface area contributed by atoms with E-state index in [1.807, 2.05) is 0 Å². The topological polar surface area (TPSA) is 0 Å². The molecule has 0 aromatic rings. The lowest BCUT2D eigenvalue weighted by molar-refractivity contribution is 0.430. The summed E-state index contributed by atoms with van der Waals surface area (Å²) in [5, 5.41) is 0. The maximum atomic E-state index is 2.44. The fraction of sp³-hybridized carbons (Fsp3) is 1.00. The van der Waals surface area contributed by atoms with Gasteiger partial charge >= 0.3 is 0 Å². The average molecular weight is 196 g/mol. The zero-order chi connectivity index (χ0) is 10.4. The average Bonchev–Trinajstić information content (AvgIpc) is 2.94. The molecule has 0 bridgehead atoms. The van der Waals surface area contributed by atoms with Crippen LogP contribution in [-0.4, -0.2) is 0 Å². The largest absolute Gasteiger partial charge is 0.0654 e. The number of hydrogen-bond acceptors (Lipinski definition) is 0. The molecule has 0 N–H and O–H groups in total. The van der Waals surface area contributed by atoms with Crippen molar-refractivity contribution in [3.05, 3.63) is 0 Å². The zero-order valence-electron chi connectivity index (χ0n) is 10.4. The van der Waals surface area contributed by atoms with Gasteiger partial charge in [0.15, 0.2) is 0 Å². The van der Waals surface area contributed by atoms with Gasteiger partial charge in [0.1, 0.15) is 0 Å². The van der Waals surface area contributed by atoms with Gasteiger partial charge in [0.25, 0.3) is 0 Å². The van der Waals surface area contributed by atoms with Crippen molar-refractivity contribution in [1.29, 1.82) is 0 Å². The van der Waals surface area contributed by atoms with Crippen molar-refractivity contribution in [2.75, 3.05) is 0 Å². The van der Waals surface area contributed by atoms with Crippen LogP contribution in [0.3, 0.4) is 0 Å². The molecule has 0 aromatic heterocycles. The Morgan fingerprint density at radius 3 is 2.43 bits per heavy atom. The van der Waals surface area contributed by atoms with Gasteiger partial charge in [-0.2, -0.15) is 0 Å². The minimum absolute atomic E-state index is 0.986. The first kappa shape index (κ1) is 12.1. The summed E-state index contributed by atoms with van der Waals surface area (Å²) in [5.41, 5.74) is 0. The molecular weight excluding hydrogens is 168 g/mol. The highest BCUT2D eigenvalue weighted by Gasteiger charge is 2.34. The first-order chi connectivity index (χ1) is 6.77. The summed E-state index contributed by atoms with van der Waals surface area (Å²) in [6, 6.07) is 0. The molecule has 0 aliphatic heterocycles. The van der Waals surface area contributed by atoms with Gasteiger partial charge in [-0.15, -0.1) is 0 Å². The molecule has 0 amide bonds. The minimum Gasteiger partial charge on any atom is -0.0654 e. The third-order valence-corrected chi connectivity index (χ3v) is 3.92. The van der Waals surface area contributed by atoms with E-state index >= 15 is 0 Å². The SMILES string of the molecule is CCCCCC(C)CCC1CC1CC. The Kier molecular flexibility index (Phi) is 5.59. The smallest absolute Gasteiger partial charge is 0.0383 e. The molecule has 0 heteroatoms. The minimum atomic E-state index is 0.986. The monoisotopic (exact) mass is 196 g/mol. The molecule has 14 heavy (non-hydrogen) atoms. The van der Waals surface area contributed by atoms with Crippen LogP contribution in [0, 0.1) is 17.8 Å². The summed E-state index contributed by atoms with van der Waals surface area (Å²) < 4.78 is 0. The van der Waals surface area contributed by atoms with Crippen LogP contribution in [-0.2, 0) is 0 Å². The molecule has 1 aliphatic rings. The van der Waals surface area contributed by atoms with Crippen LogP contribution in [0.2, 0.25) is 0 Å². The Morgan fingerprint density at radius 2 is 1.86 bits per heavy atom. The lowest BCUT2D eigenvalue weighted by atomic mass is 9.96. The molecule has 84 valence electrons. The second kappa shape index (κ2) is 6.48. The fourth-order valence-electron chi connectivity index (χ4n) is 2.55. The second-order valence-electron chi connectivity index (χ2n) is 5.34. The summed E-state index contributed by atoms with van der Waals surface area (Å²) in [5.74, 6) is 3.21. The third-order valence-electron chi connectivity index (χ3n) is 3.92.